The van der Waals surface area contributed by atoms with Crippen LogP contribution in [0.1, 0.15) is 24.4 Å². The molecule has 3 rings (SSSR count). The zero-order valence-electron chi connectivity index (χ0n) is 13.1. The van der Waals surface area contributed by atoms with Gasteiger partial charge in [0.1, 0.15) is 18.2 Å². The Morgan fingerprint density at radius 1 is 1.46 bits per heavy atom. The number of amides is 2. The lowest BCUT2D eigenvalue weighted by atomic mass is 9.96. The van der Waals surface area contributed by atoms with Gasteiger partial charge in [-0.05, 0) is 40.9 Å². The molecule has 24 heavy (non-hydrogen) atoms. The van der Waals surface area contributed by atoms with Crippen LogP contribution in [-0.2, 0) is 9.59 Å². The van der Waals surface area contributed by atoms with Crippen LogP contribution in [0.2, 0.25) is 0 Å². The normalized spacial score (nSPS) is 22.5. The zero-order chi connectivity index (χ0) is 17.3. The number of piperidine rings is 1. The van der Waals surface area contributed by atoms with E-state index in [-0.39, 0.29) is 30.4 Å². The molecule has 1 saturated heterocycles. The summed E-state index contributed by atoms with van der Waals surface area (Å²) in [5, 5.41) is 2.96. The van der Waals surface area contributed by atoms with Crippen LogP contribution in [0.3, 0.4) is 0 Å². The fourth-order valence-electron chi connectivity index (χ4n) is 3.13. The summed E-state index contributed by atoms with van der Waals surface area (Å²) in [6.45, 7) is 4.80. The molecule has 1 aromatic carbocycles. The molecule has 7 heteroatoms. The topological polar surface area (TPSA) is 58.6 Å². The van der Waals surface area contributed by atoms with E-state index in [1.54, 1.807) is 11.0 Å². The minimum Gasteiger partial charge on any atom is -0.491 e. The van der Waals surface area contributed by atoms with E-state index in [2.05, 4.69) is 27.8 Å². The van der Waals surface area contributed by atoms with Crippen molar-refractivity contribution in [2.24, 2.45) is 5.92 Å². The average Bonchev–Trinajstić information content (AvgIpc) is 2.96. The molecule has 0 radical (unpaired) electrons. The number of rotatable bonds is 3. The van der Waals surface area contributed by atoms with Gasteiger partial charge in [-0.25, -0.2) is 4.39 Å². The molecular formula is C17H18BrFN2O3. The first kappa shape index (κ1) is 17.0. The Labute approximate surface area is 148 Å². The van der Waals surface area contributed by atoms with Crippen LogP contribution in [0, 0.1) is 11.7 Å². The van der Waals surface area contributed by atoms with Crippen LogP contribution < -0.4 is 10.1 Å². The third-order valence-electron chi connectivity index (χ3n) is 4.43. The fraction of sp³-hybridized carbons (Fsp3) is 0.412. The second-order valence-corrected chi connectivity index (χ2v) is 6.86. The van der Waals surface area contributed by atoms with E-state index >= 15 is 0 Å². The largest absolute Gasteiger partial charge is 0.491 e. The Balaban J connectivity index is 1.67. The Hall–Kier alpha value is -1.89. The molecule has 1 aromatic rings. The molecule has 2 unspecified atom stereocenters. The van der Waals surface area contributed by atoms with Crippen LogP contribution in [0.4, 0.5) is 4.39 Å². The quantitative estimate of drug-likeness (QED) is 0.798. The first-order chi connectivity index (χ1) is 11.5. The lowest BCUT2D eigenvalue weighted by molar-refractivity contribution is -0.132. The van der Waals surface area contributed by atoms with Crippen molar-refractivity contribution in [2.75, 3.05) is 19.7 Å². The van der Waals surface area contributed by atoms with Gasteiger partial charge in [0, 0.05) is 24.7 Å². The van der Waals surface area contributed by atoms with Crippen molar-refractivity contribution in [3.63, 3.8) is 0 Å². The molecule has 5 nitrogen and oxygen atoms in total. The molecule has 0 aromatic heterocycles. The van der Waals surface area contributed by atoms with Gasteiger partial charge in [0.15, 0.2) is 0 Å². The van der Waals surface area contributed by atoms with E-state index in [9.17, 15) is 14.0 Å². The second kappa shape index (κ2) is 6.93. The summed E-state index contributed by atoms with van der Waals surface area (Å²) in [5.41, 5.74) is 0.756. The predicted octanol–water partition coefficient (Wildman–Crippen LogP) is 2.56. The van der Waals surface area contributed by atoms with Gasteiger partial charge in [-0.3, -0.25) is 9.59 Å². The molecule has 1 fully saturated rings. The Bertz CT molecular complexity index is 695. The molecule has 2 aliphatic heterocycles. The molecule has 2 amide bonds. The van der Waals surface area contributed by atoms with Gasteiger partial charge in [0.2, 0.25) is 11.8 Å². The summed E-state index contributed by atoms with van der Waals surface area (Å²) in [4.78, 5) is 25.9. The smallest absolute Gasteiger partial charge is 0.245 e. The van der Waals surface area contributed by atoms with Gasteiger partial charge in [0.05, 0.1) is 16.4 Å². The third-order valence-corrected chi connectivity index (χ3v) is 5.04. The predicted molar refractivity (Wildman–Crippen MR) is 90.0 cm³/mol. The molecule has 0 aliphatic carbocycles. The van der Waals surface area contributed by atoms with Crippen LogP contribution >= 0.6 is 15.9 Å². The Kier molecular flexibility index (Phi) is 4.89. The highest BCUT2D eigenvalue weighted by atomic mass is 79.9. The van der Waals surface area contributed by atoms with E-state index in [1.165, 1.54) is 12.1 Å². The molecule has 0 saturated carbocycles. The Morgan fingerprint density at radius 2 is 2.25 bits per heavy atom. The summed E-state index contributed by atoms with van der Waals surface area (Å²) in [5.74, 6) is -0.463. The third kappa shape index (κ3) is 3.31. The second-order valence-electron chi connectivity index (χ2n) is 6.00. The molecule has 0 bridgehead atoms. The first-order valence-electron chi connectivity index (χ1n) is 7.83. The number of carbonyl (C=O) groups excluding carboxylic acids is 2. The standard InChI is InChI=1S/C17H18BrFN2O3/c1-2-16(22)21-5-3-4-10(8-21)17(23)20-14-9-24-15-7-13(19)12(18)6-11(14)15/h2,6-7,10,14H,1,3-5,8-9H2,(H,20,23). The van der Waals surface area contributed by atoms with Gasteiger partial charge in [-0.15, -0.1) is 0 Å². The van der Waals surface area contributed by atoms with Gasteiger partial charge in [-0.1, -0.05) is 6.58 Å². The van der Waals surface area contributed by atoms with Crippen molar-refractivity contribution in [3.05, 3.63) is 40.6 Å². The maximum atomic E-state index is 13.5. The maximum absolute atomic E-state index is 13.5. The lowest BCUT2D eigenvalue weighted by Gasteiger charge is -2.31. The summed E-state index contributed by atoms with van der Waals surface area (Å²) >= 11 is 3.15. The fourth-order valence-corrected chi connectivity index (χ4v) is 3.49. The number of halogens is 2. The number of hydrogen-bond donors (Lipinski definition) is 1. The highest BCUT2D eigenvalue weighted by Gasteiger charge is 2.32. The van der Waals surface area contributed by atoms with Crippen molar-refractivity contribution in [1.29, 1.82) is 0 Å². The van der Waals surface area contributed by atoms with E-state index in [0.717, 1.165) is 18.4 Å². The summed E-state index contributed by atoms with van der Waals surface area (Å²) in [7, 11) is 0. The van der Waals surface area contributed by atoms with Crippen molar-refractivity contribution in [1.82, 2.24) is 10.2 Å². The molecule has 2 atom stereocenters. The summed E-state index contributed by atoms with van der Waals surface area (Å²) in [6, 6.07) is 2.64. The summed E-state index contributed by atoms with van der Waals surface area (Å²) in [6.07, 6.45) is 2.79. The number of likely N-dealkylation sites (tertiary alicyclic amines) is 1. The van der Waals surface area contributed by atoms with Crippen LogP contribution in [-0.4, -0.2) is 36.4 Å². The average molecular weight is 397 g/mol. The van der Waals surface area contributed by atoms with E-state index < -0.39 is 5.82 Å². The molecule has 128 valence electrons. The van der Waals surface area contributed by atoms with Crippen LogP contribution in [0.5, 0.6) is 5.75 Å². The number of hydrogen-bond acceptors (Lipinski definition) is 3. The number of fused-ring (bicyclic) bond motifs is 1. The lowest BCUT2D eigenvalue weighted by Crippen LogP contribution is -2.45. The van der Waals surface area contributed by atoms with E-state index in [1.807, 2.05) is 0 Å². The monoisotopic (exact) mass is 396 g/mol. The first-order valence-corrected chi connectivity index (χ1v) is 8.62. The van der Waals surface area contributed by atoms with Gasteiger partial charge < -0.3 is 15.0 Å². The van der Waals surface area contributed by atoms with E-state index in [4.69, 9.17) is 4.74 Å². The molecular weight excluding hydrogens is 379 g/mol. The van der Waals surface area contributed by atoms with Gasteiger partial charge in [0.25, 0.3) is 0 Å². The summed E-state index contributed by atoms with van der Waals surface area (Å²) < 4.78 is 19.3. The minimum absolute atomic E-state index is 0.113. The highest BCUT2D eigenvalue weighted by molar-refractivity contribution is 9.10. The molecule has 1 N–H and O–H groups in total. The number of benzene rings is 1. The SMILES string of the molecule is C=CC(=O)N1CCCC(C(=O)NC2COc3cc(F)c(Br)cc32)C1. The van der Waals surface area contributed by atoms with Crippen LogP contribution in [0.15, 0.2) is 29.3 Å². The number of ether oxygens (including phenoxy) is 1. The number of carbonyl (C=O) groups is 2. The molecule has 0 spiro atoms. The zero-order valence-corrected chi connectivity index (χ0v) is 14.6. The van der Waals surface area contributed by atoms with Crippen molar-refractivity contribution < 1.29 is 18.7 Å². The Morgan fingerprint density at radius 3 is 3.00 bits per heavy atom. The highest BCUT2D eigenvalue weighted by Crippen LogP contribution is 2.36. The number of nitrogens with one attached hydrogen (secondary N) is 1. The maximum Gasteiger partial charge on any atom is 0.245 e. The van der Waals surface area contributed by atoms with Crippen molar-refractivity contribution in [3.8, 4) is 5.75 Å². The number of nitrogens with zero attached hydrogens (tertiary/aromatic N) is 1. The van der Waals surface area contributed by atoms with Gasteiger partial charge in [-0.2, -0.15) is 0 Å². The van der Waals surface area contributed by atoms with Crippen LogP contribution in [0.25, 0.3) is 0 Å². The molecule has 2 aliphatic rings. The van der Waals surface area contributed by atoms with Crippen molar-refractivity contribution in [2.45, 2.75) is 18.9 Å². The van der Waals surface area contributed by atoms with Crippen molar-refractivity contribution >= 4 is 27.7 Å². The molecule has 2 heterocycles. The minimum atomic E-state index is -0.397. The van der Waals surface area contributed by atoms with Gasteiger partial charge >= 0.3 is 0 Å². The van der Waals surface area contributed by atoms with E-state index in [0.29, 0.717) is 23.3 Å².